The molecular weight excluding hydrogens is 351 g/mol. The molecule has 0 unspecified atom stereocenters. The third-order valence-corrected chi connectivity index (χ3v) is 3.98. The van der Waals surface area contributed by atoms with Crippen LogP contribution in [0.15, 0.2) is 16.2 Å². The minimum atomic E-state index is -1.29. The van der Waals surface area contributed by atoms with Crippen molar-refractivity contribution < 1.29 is 23.8 Å². The lowest BCUT2D eigenvalue weighted by Crippen LogP contribution is -2.35. The largest absolute Gasteiger partial charge is 0.449 e. The number of aliphatic hydroxyl groups is 1. The number of halogens is 1. The van der Waals surface area contributed by atoms with Crippen LogP contribution in [0, 0.1) is 10.7 Å². The molecule has 0 aromatic carbocycles. The number of aromatic nitrogens is 2. The second-order valence-electron chi connectivity index (χ2n) is 5.91. The van der Waals surface area contributed by atoms with Crippen molar-refractivity contribution in [1.82, 2.24) is 9.55 Å². The molecule has 2 rings (SSSR count). The molecule has 2 N–H and O–H groups in total. The second kappa shape index (κ2) is 8.81. The zero-order valence-electron chi connectivity index (χ0n) is 14.4. The average Bonchev–Trinajstić information content (AvgIpc) is 2.89. The number of anilines is 1. The van der Waals surface area contributed by atoms with Crippen LogP contribution in [0.4, 0.5) is 15.0 Å². The van der Waals surface area contributed by atoms with Crippen LogP contribution >= 0.6 is 0 Å². The van der Waals surface area contributed by atoms with E-state index >= 15 is 0 Å². The number of unbranched alkanes of at least 4 members (excludes halogenated alkanes) is 2. The molecule has 144 valence electrons. The van der Waals surface area contributed by atoms with Gasteiger partial charge < -0.3 is 14.6 Å². The molecule has 2 heterocycles. The fourth-order valence-electron chi connectivity index (χ4n) is 2.54. The normalized spacial score (nSPS) is 25.1. The van der Waals surface area contributed by atoms with E-state index in [-0.39, 0.29) is 6.61 Å². The molecular formula is C15H21FN4O6. The third kappa shape index (κ3) is 4.41. The van der Waals surface area contributed by atoms with Gasteiger partial charge in [-0.05, 0) is 13.3 Å². The fourth-order valence-corrected chi connectivity index (χ4v) is 2.54. The van der Waals surface area contributed by atoms with Crippen molar-refractivity contribution in [2.45, 2.75) is 57.6 Å². The summed E-state index contributed by atoms with van der Waals surface area (Å²) in [6.45, 7) is 3.64. The van der Waals surface area contributed by atoms with Crippen molar-refractivity contribution in [3.8, 4) is 0 Å². The van der Waals surface area contributed by atoms with Gasteiger partial charge in [0.2, 0.25) is 0 Å². The molecule has 11 heteroatoms. The Morgan fingerprint density at radius 1 is 1.54 bits per heavy atom. The quantitative estimate of drug-likeness (QED) is 0.548. The standard InChI is InChI=1S/C15H21FN4O6/c1-3-4-5-6-25-15(23)18-12-9(16)7-20(14(22)17-12)13-10(19-24)11(21)8(2)26-13/h7-8,10-11,13,21H,3-6H2,1-2H3,(H,17,18,22,23)/t8-,10-,11-,13-/m1/s1. The topological polar surface area (TPSA) is 132 Å². The van der Waals surface area contributed by atoms with Gasteiger partial charge in [-0.1, -0.05) is 24.9 Å². The summed E-state index contributed by atoms with van der Waals surface area (Å²) in [7, 11) is 0. The highest BCUT2D eigenvalue weighted by Crippen LogP contribution is 2.30. The molecule has 0 radical (unpaired) electrons. The van der Waals surface area contributed by atoms with Crippen LogP contribution in [0.5, 0.6) is 0 Å². The number of ether oxygens (including phenoxy) is 2. The fraction of sp³-hybridized carbons (Fsp3) is 0.667. The van der Waals surface area contributed by atoms with E-state index in [1.54, 1.807) is 0 Å². The molecule has 0 saturated carbocycles. The van der Waals surface area contributed by atoms with Gasteiger partial charge in [0.15, 0.2) is 23.9 Å². The number of nitrogens with zero attached hydrogens (tertiary/aromatic N) is 3. The minimum absolute atomic E-state index is 0.163. The van der Waals surface area contributed by atoms with Crippen molar-refractivity contribution in [2.75, 3.05) is 11.9 Å². The molecule has 1 saturated heterocycles. The Labute approximate surface area is 148 Å². The smallest absolute Gasteiger partial charge is 0.412 e. The Kier molecular flexibility index (Phi) is 6.75. The van der Waals surface area contributed by atoms with Crippen LogP contribution in [0.2, 0.25) is 0 Å². The van der Waals surface area contributed by atoms with Gasteiger partial charge in [0, 0.05) is 0 Å². The summed E-state index contributed by atoms with van der Waals surface area (Å²) in [4.78, 5) is 38.1. The Hall–Kier alpha value is -2.40. The van der Waals surface area contributed by atoms with E-state index in [2.05, 4.69) is 15.5 Å². The monoisotopic (exact) mass is 372 g/mol. The predicted octanol–water partition coefficient (Wildman–Crippen LogP) is 1.53. The third-order valence-electron chi connectivity index (χ3n) is 3.98. The van der Waals surface area contributed by atoms with E-state index in [1.807, 2.05) is 6.92 Å². The van der Waals surface area contributed by atoms with Crippen molar-refractivity contribution in [3.63, 3.8) is 0 Å². The predicted molar refractivity (Wildman–Crippen MR) is 88.1 cm³/mol. The van der Waals surface area contributed by atoms with Gasteiger partial charge in [-0.15, -0.1) is 0 Å². The summed E-state index contributed by atoms with van der Waals surface area (Å²) in [5.74, 6) is -1.63. The first kappa shape index (κ1) is 19.9. The summed E-state index contributed by atoms with van der Waals surface area (Å²) in [6, 6.07) is -1.29. The molecule has 0 aliphatic carbocycles. The van der Waals surface area contributed by atoms with Gasteiger partial charge in [-0.2, -0.15) is 9.89 Å². The van der Waals surface area contributed by atoms with Gasteiger partial charge in [0.1, 0.15) is 6.10 Å². The molecule has 26 heavy (non-hydrogen) atoms. The molecule has 0 bridgehead atoms. The highest BCUT2D eigenvalue weighted by molar-refractivity contribution is 5.83. The van der Waals surface area contributed by atoms with Crippen LogP contribution in [0.1, 0.15) is 39.3 Å². The molecule has 4 atom stereocenters. The molecule has 0 spiro atoms. The van der Waals surface area contributed by atoms with Gasteiger partial charge in [-0.3, -0.25) is 9.88 Å². The van der Waals surface area contributed by atoms with Gasteiger partial charge in [-0.25, -0.2) is 14.0 Å². The van der Waals surface area contributed by atoms with Gasteiger partial charge in [0.25, 0.3) is 0 Å². The average molecular weight is 372 g/mol. The molecule has 1 aromatic rings. The number of hydrogen-bond acceptors (Lipinski definition) is 8. The van der Waals surface area contributed by atoms with Crippen LogP contribution in [0.25, 0.3) is 0 Å². The van der Waals surface area contributed by atoms with E-state index in [9.17, 15) is 24.0 Å². The summed E-state index contributed by atoms with van der Waals surface area (Å²) in [5.41, 5.74) is -0.979. The number of hydrogen-bond donors (Lipinski definition) is 2. The lowest BCUT2D eigenvalue weighted by Gasteiger charge is -2.17. The SMILES string of the molecule is CCCCCOC(=O)Nc1nc(=O)n([C@@H]2O[C@H](C)[C@@H](O)[C@H]2N=O)cc1F. The summed E-state index contributed by atoms with van der Waals surface area (Å²) < 4.78 is 25.1. The summed E-state index contributed by atoms with van der Waals surface area (Å²) in [5, 5.41) is 14.6. The van der Waals surface area contributed by atoms with Gasteiger partial charge >= 0.3 is 11.8 Å². The minimum Gasteiger partial charge on any atom is -0.449 e. The maximum absolute atomic E-state index is 14.2. The first-order valence-electron chi connectivity index (χ1n) is 8.27. The molecule has 1 aromatic heterocycles. The van der Waals surface area contributed by atoms with Crippen molar-refractivity contribution in [1.29, 1.82) is 0 Å². The number of aliphatic hydroxyl groups excluding tert-OH is 1. The van der Waals surface area contributed by atoms with E-state index in [4.69, 9.17) is 9.47 Å². The van der Waals surface area contributed by atoms with Crippen molar-refractivity contribution >= 4 is 11.9 Å². The molecule has 1 fully saturated rings. The number of rotatable bonds is 7. The Morgan fingerprint density at radius 3 is 2.92 bits per heavy atom. The second-order valence-corrected chi connectivity index (χ2v) is 5.91. The van der Waals surface area contributed by atoms with Crippen LogP contribution < -0.4 is 11.0 Å². The maximum Gasteiger partial charge on any atom is 0.412 e. The zero-order valence-corrected chi connectivity index (χ0v) is 14.4. The Balaban J connectivity index is 2.12. The summed E-state index contributed by atoms with van der Waals surface area (Å²) in [6.07, 6.45) is -0.992. The maximum atomic E-state index is 14.2. The first-order valence-corrected chi connectivity index (χ1v) is 8.27. The molecule has 1 aliphatic heterocycles. The first-order chi connectivity index (χ1) is 12.4. The molecule has 1 amide bonds. The zero-order chi connectivity index (χ0) is 19.3. The van der Waals surface area contributed by atoms with E-state index in [1.165, 1.54) is 6.92 Å². The van der Waals surface area contributed by atoms with Crippen LogP contribution in [-0.4, -0.2) is 45.6 Å². The van der Waals surface area contributed by atoms with E-state index in [0.717, 1.165) is 19.0 Å². The highest BCUT2D eigenvalue weighted by atomic mass is 19.1. The molecule has 10 nitrogen and oxygen atoms in total. The number of carbonyl (C=O) groups excluding carboxylic acids is 1. The molecule has 1 aliphatic rings. The van der Waals surface area contributed by atoms with Crippen LogP contribution in [0.3, 0.4) is 0 Å². The van der Waals surface area contributed by atoms with Crippen LogP contribution in [-0.2, 0) is 9.47 Å². The lowest BCUT2D eigenvalue weighted by molar-refractivity contribution is -0.0117. The Bertz CT molecular complexity index is 712. The number of amides is 1. The van der Waals surface area contributed by atoms with Crippen molar-refractivity contribution in [3.05, 3.63) is 27.4 Å². The lowest BCUT2D eigenvalue weighted by atomic mass is 10.1. The number of nitroso groups, excluding NO2 is 1. The number of nitrogens with one attached hydrogen (secondary N) is 1. The highest BCUT2D eigenvalue weighted by Gasteiger charge is 2.44. The van der Waals surface area contributed by atoms with E-state index < -0.39 is 47.9 Å². The van der Waals surface area contributed by atoms with E-state index in [0.29, 0.717) is 11.0 Å². The number of carbonyl (C=O) groups is 1. The van der Waals surface area contributed by atoms with Crippen molar-refractivity contribution in [2.24, 2.45) is 5.18 Å². The van der Waals surface area contributed by atoms with Gasteiger partial charge in [0.05, 0.1) is 18.9 Å². The summed E-state index contributed by atoms with van der Waals surface area (Å²) >= 11 is 0. The Morgan fingerprint density at radius 2 is 2.27 bits per heavy atom.